The highest BCUT2D eigenvalue weighted by atomic mass is 15.3. The van der Waals surface area contributed by atoms with Crippen LogP contribution in [0.15, 0.2) is 54.6 Å². The number of aromatic nitrogens is 3. The number of hydrogen-bond donors (Lipinski definition) is 3. The van der Waals surface area contributed by atoms with Crippen LogP contribution >= 0.6 is 0 Å². The molecule has 0 unspecified atom stereocenters. The standard InChI is InChI=1S/C14H13N5/c15-11-7-4-8-12(9-11)16-14-17-13(18-19-14)10-5-2-1-3-6-10/h1-9H,15H2,(H2,16,17,18,19). The van der Waals surface area contributed by atoms with Crippen molar-refractivity contribution in [1.29, 1.82) is 0 Å². The van der Waals surface area contributed by atoms with Gasteiger partial charge in [0, 0.05) is 16.9 Å². The highest BCUT2D eigenvalue weighted by Crippen LogP contribution is 2.19. The molecule has 0 spiro atoms. The van der Waals surface area contributed by atoms with E-state index in [2.05, 4.69) is 20.5 Å². The lowest BCUT2D eigenvalue weighted by molar-refractivity contribution is 1.10. The van der Waals surface area contributed by atoms with E-state index >= 15 is 0 Å². The predicted octanol–water partition coefficient (Wildman–Crippen LogP) is 2.80. The number of nitrogens with one attached hydrogen (secondary N) is 2. The first kappa shape index (κ1) is 11.3. The number of nitrogens with zero attached hydrogens (tertiary/aromatic N) is 2. The molecule has 3 rings (SSSR count). The van der Waals surface area contributed by atoms with Crippen molar-refractivity contribution in [3.8, 4) is 11.4 Å². The number of rotatable bonds is 3. The summed E-state index contributed by atoms with van der Waals surface area (Å²) < 4.78 is 0. The Morgan fingerprint density at radius 1 is 1.00 bits per heavy atom. The van der Waals surface area contributed by atoms with Gasteiger partial charge in [0.25, 0.3) is 0 Å². The molecule has 4 N–H and O–H groups in total. The van der Waals surface area contributed by atoms with Gasteiger partial charge in [0.2, 0.25) is 5.95 Å². The van der Waals surface area contributed by atoms with Gasteiger partial charge in [-0.25, -0.2) is 0 Å². The lowest BCUT2D eigenvalue weighted by Crippen LogP contribution is -1.93. The topological polar surface area (TPSA) is 79.6 Å². The number of H-pyrrole nitrogens is 1. The van der Waals surface area contributed by atoms with Crippen LogP contribution < -0.4 is 11.1 Å². The number of aromatic amines is 1. The van der Waals surface area contributed by atoms with Crippen molar-refractivity contribution in [3.63, 3.8) is 0 Å². The average Bonchev–Trinajstić information content (AvgIpc) is 2.88. The molecule has 94 valence electrons. The van der Waals surface area contributed by atoms with Crippen LogP contribution in [0.4, 0.5) is 17.3 Å². The lowest BCUT2D eigenvalue weighted by Gasteiger charge is -2.01. The first-order valence-corrected chi connectivity index (χ1v) is 5.92. The maximum atomic E-state index is 5.72. The van der Waals surface area contributed by atoms with Crippen molar-refractivity contribution in [2.75, 3.05) is 11.1 Å². The summed E-state index contributed by atoms with van der Waals surface area (Å²) in [6.07, 6.45) is 0. The molecule has 1 heterocycles. The summed E-state index contributed by atoms with van der Waals surface area (Å²) in [6, 6.07) is 17.3. The maximum absolute atomic E-state index is 5.72. The van der Waals surface area contributed by atoms with Gasteiger partial charge in [-0.15, -0.1) is 5.10 Å². The van der Waals surface area contributed by atoms with E-state index in [1.54, 1.807) is 0 Å². The van der Waals surface area contributed by atoms with Crippen molar-refractivity contribution in [3.05, 3.63) is 54.6 Å². The Labute approximate surface area is 110 Å². The molecule has 19 heavy (non-hydrogen) atoms. The molecule has 0 fully saturated rings. The Balaban J connectivity index is 1.82. The molecule has 0 aliphatic rings. The van der Waals surface area contributed by atoms with Crippen molar-refractivity contribution >= 4 is 17.3 Å². The summed E-state index contributed by atoms with van der Waals surface area (Å²) in [7, 11) is 0. The van der Waals surface area contributed by atoms with E-state index in [0.29, 0.717) is 11.6 Å². The number of hydrogen-bond acceptors (Lipinski definition) is 4. The van der Waals surface area contributed by atoms with Crippen molar-refractivity contribution in [1.82, 2.24) is 15.2 Å². The molecular weight excluding hydrogens is 238 g/mol. The molecule has 2 aromatic carbocycles. The van der Waals surface area contributed by atoms with Crippen LogP contribution in [0, 0.1) is 0 Å². The normalized spacial score (nSPS) is 10.3. The number of anilines is 3. The molecule has 0 atom stereocenters. The quantitative estimate of drug-likeness (QED) is 0.625. The van der Waals surface area contributed by atoms with Gasteiger partial charge in [0.1, 0.15) is 0 Å². The zero-order valence-electron chi connectivity index (χ0n) is 10.2. The van der Waals surface area contributed by atoms with Crippen LogP contribution in [-0.4, -0.2) is 15.2 Å². The van der Waals surface area contributed by atoms with Crippen LogP contribution in [0.3, 0.4) is 0 Å². The summed E-state index contributed by atoms with van der Waals surface area (Å²) in [4.78, 5) is 4.39. The fourth-order valence-electron chi connectivity index (χ4n) is 1.79. The Bertz CT molecular complexity index is 675. The molecule has 5 heteroatoms. The zero-order valence-corrected chi connectivity index (χ0v) is 10.2. The first-order chi connectivity index (χ1) is 9.31. The van der Waals surface area contributed by atoms with E-state index < -0.39 is 0 Å². The molecule has 0 aliphatic carbocycles. The van der Waals surface area contributed by atoms with E-state index in [0.717, 1.165) is 17.1 Å². The summed E-state index contributed by atoms with van der Waals surface area (Å²) in [6.45, 7) is 0. The Kier molecular flexibility index (Phi) is 2.86. The van der Waals surface area contributed by atoms with Crippen LogP contribution in [0.1, 0.15) is 0 Å². The number of benzene rings is 2. The molecule has 3 aromatic rings. The third-order valence-corrected chi connectivity index (χ3v) is 2.68. The van der Waals surface area contributed by atoms with Gasteiger partial charge in [-0.3, -0.25) is 5.10 Å². The fraction of sp³-hybridized carbons (Fsp3) is 0. The second-order valence-corrected chi connectivity index (χ2v) is 4.12. The highest BCUT2D eigenvalue weighted by Gasteiger charge is 2.05. The Morgan fingerprint density at radius 2 is 1.84 bits per heavy atom. The van der Waals surface area contributed by atoms with Gasteiger partial charge < -0.3 is 11.1 Å². The van der Waals surface area contributed by atoms with E-state index in [-0.39, 0.29) is 0 Å². The minimum absolute atomic E-state index is 0.518. The minimum atomic E-state index is 0.518. The minimum Gasteiger partial charge on any atom is -0.399 e. The third kappa shape index (κ3) is 2.55. The molecule has 0 radical (unpaired) electrons. The number of nitrogens with two attached hydrogens (primary N) is 1. The molecular formula is C14H13N5. The van der Waals surface area contributed by atoms with Gasteiger partial charge >= 0.3 is 0 Å². The highest BCUT2D eigenvalue weighted by molar-refractivity contribution is 5.61. The van der Waals surface area contributed by atoms with Crippen LogP contribution in [0.2, 0.25) is 0 Å². The average molecular weight is 251 g/mol. The van der Waals surface area contributed by atoms with E-state index in [1.165, 1.54) is 0 Å². The summed E-state index contributed by atoms with van der Waals surface area (Å²) in [5, 5.41) is 10.1. The van der Waals surface area contributed by atoms with Gasteiger partial charge in [0.15, 0.2) is 5.82 Å². The van der Waals surface area contributed by atoms with E-state index in [4.69, 9.17) is 5.73 Å². The Hall–Kier alpha value is -2.82. The molecule has 0 bridgehead atoms. The summed E-state index contributed by atoms with van der Waals surface area (Å²) in [5.41, 5.74) is 8.27. The first-order valence-electron chi connectivity index (χ1n) is 5.92. The van der Waals surface area contributed by atoms with Crippen molar-refractivity contribution < 1.29 is 0 Å². The van der Waals surface area contributed by atoms with Gasteiger partial charge in [-0.2, -0.15) is 4.98 Å². The van der Waals surface area contributed by atoms with Gasteiger partial charge in [-0.1, -0.05) is 36.4 Å². The monoisotopic (exact) mass is 251 g/mol. The van der Waals surface area contributed by atoms with Crippen molar-refractivity contribution in [2.24, 2.45) is 0 Å². The Morgan fingerprint density at radius 3 is 2.63 bits per heavy atom. The summed E-state index contributed by atoms with van der Waals surface area (Å²) in [5.74, 6) is 1.25. The molecule has 0 saturated carbocycles. The van der Waals surface area contributed by atoms with Gasteiger partial charge in [0.05, 0.1) is 0 Å². The van der Waals surface area contributed by atoms with Crippen LogP contribution in [0.25, 0.3) is 11.4 Å². The molecule has 0 amide bonds. The van der Waals surface area contributed by atoms with Crippen LogP contribution in [-0.2, 0) is 0 Å². The second kappa shape index (κ2) is 4.81. The maximum Gasteiger partial charge on any atom is 0.246 e. The SMILES string of the molecule is Nc1cccc(Nc2n[nH]c(-c3ccccc3)n2)c1. The zero-order chi connectivity index (χ0) is 13.1. The van der Waals surface area contributed by atoms with Crippen LogP contribution in [0.5, 0.6) is 0 Å². The predicted molar refractivity (Wildman–Crippen MR) is 76.0 cm³/mol. The third-order valence-electron chi connectivity index (χ3n) is 2.68. The fourth-order valence-corrected chi connectivity index (χ4v) is 1.79. The van der Waals surface area contributed by atoms with E-state index in [9.17, 15) is 0 Å². The lowest BCUT2D eigenvalue weighted by atomic mass is 10.2. The smallest absolute Gasteiger partial charge is 0.246 e. The number of nitrogen functional groups attached to an aromatic ring is 1. The molecule has 5 nitrogen and oxygen atoms in total. The van der Waals surface area contributed by atoms with E-state index in [1.807, 2.05) is 54.6 Å². The molecule has 0 saturated heterocycles. The van der Waals surface area contributed by atoms with Crippen molar-refractivity contribution in [2.45, 2.75) is 0 Å². The van der Waals surface area contributed by atoms with Gasteiger partial charge in [-0.05, 0) is 18.2 Å². The summed E-state index contributed by atoms with van der Waals surface area (Å²) >= 11 is 0. The largest absolute Gasteiger partial charge is 0.399 e. The second-order valence-electron chi connectivity index (χ2n) is 4.12. The molecule has 1 aromatic heterocycles. The molecule has 0 aliphatic heterocycles.